The molecule has 0 fully saturated rings. The fourth-order valence-corrected chi connectivity index (χ4v) is 4.56. The molecule has 0 bridgehead atoms. The van der Waals surface area contributed by atoms with Crippen molar-refractivity contribution in [2.24, 2.45) is 0 Å². The summed E-state index contributed by atoms with van der Waals surface area (Å²) in [5.41, 5.74) is 1.61. The van der Waals surface area contributed by atoms with Crippen molar-refractivity contribution in [3.63, 3.8) is 0 Å². The van der Waals surface area contributed by atoms with Crippen molar-refractivity contribution in [1.82, 2.24) is 14.9 Å². The summed E-state index contributed by atoms with van der Waals surface area (Å²) in [5, 5.41) is 5.28. The molecule has 0 aromatic carbocycles. The number of carbonyl (C=O) groups excluding carboxylic acids is 2. The first-order valence-electron chi connectivity index (χ1n) is 8.89. The van der Waals surface area contributed by atoms with Gasteiger partial charge >= 0.3 is 0 Å². The molecular weight excluding hydrogens is 392 g/mol. The zero-order chi connectivity index (χ0) is 19.3. The van der Waals surface area contributed by atoms with Crippen LogP contribution < -0.4 is 5.32 Å². The third kappa shape index (κ3) is 4.35. The number of thiophene rings is 1. The Hall–Kier alpha value is -2.84. The van der Waals surface area contributed by atoms with E-state index in [1.54, 1.807) is 41.9 Å². The number of rotatable bonds is 4. The lowest BCUT2D eigenvalue weighted by Crippen LogP contribution is -2.31. The van der Waals surface area contributed by atoms with Gasteiger partial charge in [-0.15, -0.1) is 22.7 Å². The summed E-state index contributed by atoms with van der Waals surface area (Å²) in [4.78, 5) is 37.3. The van der Waals surface area contributed by atoms with Crippen LogP contribution in [-0.2, 0) is 17.6 Å². The van der Waals surface area contributed by atoms with Crippen molar-refractivity contribution in [3.05, 3.63) is 68.6 Å². The molecule has 1 N–H and O–H groups in total. The van der Waals surface area contributed by atoms with Crippen LogP contribution in [0.25, 0.3) is 6.08 Å². The number of thiazole rings is 1. The Bertz CT molecular complexity index is 971. The van der Waals surface area contributed by atoms with Gasteiger partial charge in [0.2, 0.25) is 5.91 Å². The number of amides is 2. The summed E-state index contributed by atoms with van der Waals surface area (Å²) in [6.07, 6.45) is 8.12. The van der Waals surface area contributed by atoms with E-state index in [9.17, 15) is 9.59 Å². The first-order valence-corrected chi connectivity index (χ1v) is 10.6. The minimum absolute atomic E-state index is 0.0132. The lowest BCUT2D eigenvalue weighted by molar-refractivity contribution is -0.125. The fraction of sp³-hybridized carbons (Fsp3) is 0.200. The Labute approximate surface area is 170 Å². The second-order valence-corrected chi connectivity index (χ2v) is 8.32. The lowest BCUT2D eigenvalue weighted by Gasteiger charge is -2.18. The van der Waals surface area contributed by atoms with Gasteiger partial charge in [-0.05, 0) is 29.7 Å². The largest absolute Gasteiger partial charge is 0.338 e. The molecule has 0 unspecified atom stereocenters. The summed E-state index contributed by atoms with van der Waals surface area (Å²) in [7, 11) is 0. The standard InChI is InChI=1S/C20H18N4O2S2/c25-18(4-3-15-2-1-13-27-15)24-11-7-16-17(8-12-24)28-20(23-16)19(26)22-14-5-9-21-10-6-14/h1-6,9-10,13H,7-8,11-12H2,(H,21,22,26)/b4-3+. The average Bonchev–Trinajstić information content (AvgIpc) is 3.33. The maximum Gasteiger partial charge on any atom is 0.284 e. The van der Waals surface area contributed by atoms with Gasteiger partial charge in [-0.25, -0.2) is 4.98 Å². The number of aromatic nitrogens is 2. The van der Waals surface area contributed by atoms with Gasteiger partial charge in [-0.1, -0.05) is 6.07 Å². The highest BCUT2D eigenvalue weighted by atomic mass is 32.1. The van der Waals surface area contributed by atoms with Crippen molar-refractivity contribution in [1.29, 1.82) is 0 Å². The maximum atomic E-state index is 12.5. The first kappa shape index (κ1) is 18.5. The van der Waals surface area contributed by atoms with Crippen LogP contribution in [0, 0.1) is 0 Å². The molecule has 0 atom stereocenters. The summed E-state index contributed by atoms with van der Waals surface area (Å²) >= 11 is 3.01. The molecule has 0 aliphatic carbocycles. The Balaban J connectivity index is 1.38. The van der Waals surface area contributed by atoms with E-state index in [1.807, 2.05) is 28.5 Å². The van der Waals surface area contributed by atoms with Gasteiger partial charge in [0, 0.05) is 59.8 Å². The molecule has 0 spiro atoms. The molecule has 0 saturated heterocycles. The van der Waals surface area contributed by atoms with Crippen molar-refractivity contribution in [2.45, 2.75) is 12.8 Å². The van der Waals surface area contributed by atoms with Crippen LogP contribution in [0.15, 0.2) is 48.1 Å². The van der Waals surface area contributed by atoms with E-state index in [0.717, 1.165) is 15.4 Å². The van der Waals surface area contributed by atoms with Crippen molar-refractivity contribution >= 4 is 46.3 Å². The highest BCUT2D eigenvalue weighted by Crippen LogP contribution is 2.24. The molecule has 3 aromatic rings. The summed E-state index contributed by atoms with van der Waals surface area (Å²) < 4.78 is 0. The number of anilines is 1. The van der Waals surface area contributed by atoms with E-state index in [2.05, 4.69) is 15.3 Å². The van der Waals surface area contributed by atoms with Crippen LogP contribution in [0.4, 0.5) is 5.69 Å². The van der Waals surface area contributed by atoms with Gasteiger partial charge in [0.05, 0.1) is 5.69 Å². The Morgan fingerprint density at radius 2 is 1.96 bits per heavy atom. The predicted molar refractivity (Wildman–Crippen MR) is 112 cm³/mol. The third-order valence-corrected chi connectivity index (χ3v) is 6.38. The number of hydrogen-bond acceptors (Lipinski definition) is 6. The average molecular weight is 411 g/mol. The van der Waals surface area contributed by atoms with Gasteiger partial charge < -0.3 is 10.2 Å². The number of hydrogen-bond donors (Lipinski definition) is 1. The molecule has 0 radical (unpaired) electrons. The molecule has 4 rings (SSSR count). The first-order chi connectivity index (χ1) is 13.7. The highest BCUT2D eigenvalue weighted by molar-refractivity contribution is 7.13. The van der Waals surface area contributed by atoms with Gasteiger partial charge in [-0.3, -0.25) is 14.6 Å². The zero-order valence-electron chi connectivity index (χ0n) is 15.0. The maximum absolute atomic E-state index is 12.5. The van der Waals surface area contributed by atoms with E-state index < -0.39 is 0 Å². The molecule has 4 heterocycles. The molecule has 1 aliphatic rings. The number of fused-ring (bicyclic) bond motifs is 1. The number of carbonyl (C=O) groups is 2. The highest BCUT2D eigenvalue weighted by Gasteiger charge is 2.22. The SMILES string of the molecule is O=C(Nc1ccncc1)c1nc2c(s1)CCN(C(=O)/C=C/c1cccs1)CC2. The lowest BCUT2D eigenvalue weighted by atomic mass is 10.2. The predicted octanol–water partition coefficient (Wildman–Crippen LogP) is 3.49. The second kappa shape index (κ2) is 8.45. The Kier molecular flexibility index (Phi) is 5.59. The quantitative estimate of drug-likeness (QED) is 0.668. The molecule has 3 aromatic heterocycles. The van der Waals surface area contributed by atoms with Crippen LogP contribution in [0.5, 0.6) is 0 Å². The van der Waals surface area contributed by atoms with Gasteiger partial charge in [0.15, 0.2) is 5.01 Å². The third-order valence-electron chi connectivity index (χ3n) is 4.38. The molecule has 28 heavy (non-hydrogen) atoms. The van der Waals surface area contributed by atoms with Crippen LogP contribution in [-0.4, -0.2) is 39.8 Å². The summed E-state index contributed by atoms with van der Waals surface area (Å²) in [6.45, 7) is 1.24. The monoisotopic (exact) mass is 410 g/mol. The number of pyridine rings is 1. The van der Waals surface area contributed by atoms with Crippen molar-refractivity contribution in [3.8, 4) is 0 Å². The molecule has 2 amide bonds. The molecule has 0 saturated carbocycles. The molecule has 6 nitrogen and oxygen atoms in total. The normalized spacial score (nSPS) is 13.9. The minimum Gasteiger partial charge on any atom is -0.338 e. The van der Waals surface area contributed by atoms with E-state index >= 15 is 0 Å². The Morgan fingerprint density at radius 3 is 2.75 bits per heavy atom. The van der Waals surface area contributed by atoms with Crippen LogP contribution in [0.1, 0.15) is 25.3 Å². The van der Waals surface area contributed by atoms with Crippen LogP contribution in [0.2, 0.25) is 0 Å². The summed E-state index contributed by atoms with van der Waals surface area (Å²) in [5.74, 6) is -0.199. The number of nitrogens with one attached hydrogen (secondary N) is 1. The van der Waals surface area contributed by atoms with Crippen molar-refractivity contribution < 1.29 is 9.59 Å². The van der Waals surface area contributed by atoms with E-state index in [1.165, 1.54) is 11.3 Å². The second-order valence-electron chi connectivity index (χ2n) is 6.25. The van der Waals surface area contributed by atoms with Gasteiger partial charge in [0.1, 0.15) is 0 Å². The molecule has 142 valence electrons. The molecular formula is C20H18N4O2S2. The van der Waals surface area contributed by atoms with E-state index in [-0.39, 0.29) is 11.8 Å². The van der Waals surface area contributed by atoms with Crippen molar-refractivity contribution in [2.75, 3.05) is 18.4 Å². The zero-order valence-corrected chi connectivity index (χ0v) is 16.6. The van der Waals surface area contributed by atoms with Gasteiger partial charge in [-0.2, -0.15) is 0 Å². The topological polar surface area (TPSA) is 75.2 Å². The minimum atomic E-state index is -0.212. The van der Waals surface area contributed by atoms with Gasteiger partial charge in [0.25, 0.3) is 5.91 Å². The van der Waals surface area contributed by atoms with E-state index in [4.69, 9.17) is 0 Å². The van der Waals surface area contributed by atoms with Crippen LogP contribution >= 0.6 is 22.7 Å². The van der Waals surface area contributed by atoms with E-state index in [0.29, 0.717) is 36.6 Å². The summed E-state index contributed by atoms with van der Waals surface area (Å²) in [6, 6.07) is 7.43. The van der Waals surface area contributed by atoms with Crippen LogP contribution in [0.3, 0.4) is 0 Å². The molecule has 8 heteroatoms. The Morgan fingerprint density at radius 1 is 1.14 bits per heavy atom. The molecule has 1 aliphatic heterocycles. The number of nitrogens with zero attached hydrogens (tertiary/aromatic N) is 3. The smallest absolute Gasteiger partial charge is 0.284 e. The fourth-order valence-electron chi connectivity index (χ4n) is 2.95.